The number of hydrogen-bond donors (Lipinski definition) is 0. The minimum Gasteiger partial charge on any atom is -0.291 e. The van der Waals surface area contributed by atoms with Gasteiger partial charge in [-0.05, 0) is 42.7 Å². The summed E-state index contributed by atoms with van der Waals surface area (Å²) in [7, 11) is 0. The predicted molar refractivity (Wildman–Crippen MR) is 94.5 cm³/mol. The van der Waals surface area contributed by atoms with Crippen molar-refractivity contribution in [1.82, 2.24) is 4.90 Å². The average molecular weight is 358 g/mol. The molecule has 7 heteroatoms. The van der Waals surface area contributed by atoms with Crippen LogP contribution in [-0.4, -0.2) is 28.3 Å². The summed E-state index contributed by atoms with van der Waals surface area (Å²) >= 11 is 6.00. The third-order valence-electron chi connectivity index (χ3n) is 4.88. The number of carbonyl (C=O) groups is 1. The van der Waals surface area contributed by atoms with Crippen molar-refractivity contribution in [3.63, 3.8) is 0 Å². The van der Waals surface area contributed by atoms with Crippen LogP contribution < -0.4 is 4.90 Å². The summed E-state index contributed by atoms with van der Waals surface area (Å²) in [5.41, 5.74) is 1.67. The molecule has 0 aliphatic carbocycles. The van der Waals surface area contributed by atoms with E-state index in [0.29, 0.717) is 10.7 Å². The molecule has 0 aromatic heterocycles. The Balaban J connectivity index is 1.76. The van der Waals surface area contributed by atoms with Crippen molar-refractivity contribution in [2.45, 2.75) is 25.0 Å². The lowest BCUT2D eigenvalue weighted by molar-refractivity contribution is -0.384. The van der Waals surface area contributed by atoms with Crippen molar-refractivity contribution in [2.24, 2.45) is 0 Å². The highest BCUT2D eigenvalue weighted by Gasteiger charge is 2.49. The Bertz CT molecular complexity index is 822. The second-order valence-electron chi connectivity index (χ2n) is 6.30. The van der Waals surface area contributed by atoms with Gasteiger partial charge in [0.25, 0.3) is 5.69 Å². The van der Waals surface area contributed by atoms with Crippen LogP contribution in [0.1, 0.15) is 24.6 Å². The van der Waals surface area contributed by atoms with Crippen molar-refractivity contribution in [2.75, 3.05) is 11.4 Å². The Morgan fingerprint density at radius 1 is 1.08 bits per heavy atom. The highest BCUT2D eigenvalue weighted by Crippen LogP contribution is 2.42. The predicted octanol–water partition coefficient (Wildman–Crippen LogP) is 3.76. The fourth-order valence-electron chi connectivity index (χ4n) is 3.76. The number of amides is 1. The molecular weight excluding hydrogens is 342 g/mol. The molecule has 2 aromatic carbocycles. The van der Waals surface area contributed by atoms with E-state index in [1.807, 2.05) is 24.3 Å². The number of fused-ring (bicyclic) bond motifs is 1. The lowest BCUT2D eigenvalue weighted by Gasteiger charge is -2.29. The van der Waals surface area contributed by atoms with Crippen molar-refractivity contribution in [3.05, 3.63) is 69.2 Å². The third kappa shape index (κ3) is 2.67. The minimum absolute atomic E-state index is 0.0129. The normalized spacial score (nSPS) is 23.1. The van der Waals surface area contributed by atoms with Crippen LogP contribution in [0, 0.1) is 10.1 Å². The van der Waals surface area contributed by atoms with Gasteiger partial charge in [-0.1, -0.05) is 23.7 Å². The molecule has 0 unspecified atom stereocenters. The first-order valence-corrected chi connectivity index (χ1v) is 8.53. The quantitative estimate of drug-likeness (QED) is 0.619. The van der Waals surface area contributed by atoms with Gasteiger partial charge in [0.15, 0.2) is 0 Å². The number of nitro groups is 1. The highest BCUT2D eigenvalue weighted by molar-refractivity contribution is 6.30. The summed E-state index contributed by atoms with van der Waals surface area (Å²) in [6.45, 7) is 0.854. The summed E-state index contributed by atoms with van der Waals surface area (Å²) in [4.78, 5) is 27.4. The summed E-state index contributed by atoms with van der Waals surface area (Å²) in [6.07, 6.45) is 1.62. The Morgan fingerprint density at radius 3 is 2.40 bits per heavy atom. The lowest BCUT2D eigenvalue weighted by Crippen LogP contribution is -2.32. The maximum atomic E-state index is 13.0. The summed E-state index contributed by atoms with van der Waals surface area (Å²) in [5, 5.41) is 11.5. The summed E-state index contributed by atoms with van der Waals surface area (Å²) in [6, 6.07) is 13.5. The molecule has 2 fully saturated rings. The average Bonchev–Trinajstić information content (AvgIpc) is 3.18. The van der Waals surface area contributed by atoms with Crippen LogP contribution in [0.25, 0.3) is 0 Å². The Hall–Kier alpha value is -2.44. The second kappa shape index (κ2) is 6.13. The Kier molecular flexibility index (Phi) is 3.94. The fraction of sp³-hybridized carbons (Fsp3) is 0.278. The molecule has 2 aliphatic heterocycles. The smallest absolute Gasteiger partial charge is 0.269 e. The van der Waals surface area contributed by atoms with Crippen LogP contribution in [0.2, 0.25) is 5.02 Å². The zero-order chi connectivity index (χ0) is 17.6. The maximum Gasteiger partial charge on any atom is 0.269 e. The lowest BCUT2D eigenvalue weighted by atomic mass is 10.1. The monoisotopic (exact) mass is 357 g/mol. The van der Waals surface area contributed by atoms with Gasteiger partial charge in [0, 0.05) is 29.4 Å². The van der Waals surface area contributed by atoms with Gasteiger partial charge in [-0.2, -0.15) is 0 Å². The molecule has 2 heterocycles. The molecule has 1 amide bonds. The zero-order valence-electron chi connectivity index (χ0n) is 13.3. The Morgan fingerprint density at radius 2 is 1.76 bits per heavy atom. The topological polar surface area (TPSA) is 66.7 Å². The molecule has 0 N–H and O–H groups in total. The molecular formula is C18H16ClN3O3. The van der Waals surface area contributed by atoms with Gasteiger partial charge < -0.3 is 0 Å². The maximum absolute atomic E-state index is 13.0. The van der Waals surface area contributed by atoms with E-state index in [-0.39, 0.29) is 23.8 Å². The van der Waals surface area contributed by atoms with Crippen LogP contribution in [0.3, 0.4) is 0 Å². The molecule has 2 aliphatic rings. The number of nitro benzene ring substituents is 1. The van der Waals surface area contributed by atoms with E-state index < -0.39 is 4.92 Å². The number of halogens is 1. The van der Waals surface area contributed by atoms with Gasteiger partial charge >= 0.3 is 0 Å². The molecule has 6 nitrogen and oxygen atoms in total. The molecule has 128 valence electrons. The minimum atomic E-state index is -0.440. The van der Waals surface area contributed by atoms with Crippen LogP contribution in [0.4, 0.5) is 11.4 Å². The first-order valence-electron chi connectivity index (χ1n) is 8.15. The molecule has 4 rings (SSSR count). The molecule has 0 radical (unpaired) electrons. The standard InChI is InChI=1S/C18H16ClN3O3/c19-13-5-3-12(4-6-13)17-20-11-1-2-16(20)18(23)21(17)14-7-9-15(10-8-14)22(24)25/h3-10,16-17H,1-2,11H2/t16-,17+/m0/s1. The van der Waals surface area contributed by atoms with E-state index >= 15 is 0 Å². The summed E-state index contributed by atoms with van der Waals surface area (Å²) in [5.74, 6) is 0.0475. The third-order valence-corrected chi connectivity index (χ3v) is 5.13. The largest absolute Gasteiger partial charge is 0.291 e. The first kappa shape index (κ1) is 16.1. The highest BCUT2D eigenvalue weighted by atomic mass is 35.5. The van der Waals surface area contributed by atoms with Gasteiger partial charge in [0.05, 0.1) is 11.0 Å². The van der Waals surface area contributed by atoms with Gasteiger partial charge in [0.1, 0.15) is 6.17 Å². The van der Waals surface area contributed by atoms with E-state index in [4.69, 9.17) is 11.6 Å². The molecule has 2 atom stereocenters. The van der Waals surface area contributed by atoms with Crippen molar-refractivity contribution in [3.8, 4) is 0 Å². The summed E-state index contributed by atoms with van der Waals surface area (Å²) < 4.78 is 0. The molecule has 25 heavy (non-hydrogen) atoms. The molecule has 0 saturated carbocycles. The van der Waals surface area contributed by atoms with Crippen molar-refractivity contribution in [1.29, 1.82) is 0 Å². The number of anilines is 1. The SMILES string of the molecule is O=C1[C@@H]2CCCN2[C@@H](c2ccc(Cl)cc2)N1c1ccc([N+](=O)[O-])cc1. The second-order valence-corrected chi connectivity index (χ2v) is 6.74. The number of non-ortho nitro benzene ring substituents is 1. The molecule has 0 spiro atoms. The van der Waals surface area contributed by atoms with Crippen LogP contribution in [0.5, 0.6) is 0 Å². The number of benzene rings is 2. The molecule has 0 bridgehead atoms. The van der Waals surface area contributed by atoms with E-state index in [0.717, 1.165) is 24.9 Å². The van der Waals surface area contributed by atoms with Crippen LogP contribution >= 0.6 is 11.6 Å². The molecule has 2 aromatic rings. The fourth-order valence-corrected chi connectivity index (χ4v) is 3.88. The van der Waals surface area contributed by atoms with Crippen molar-refractivity contribution >= 4 is 28.9 Å². The number of carbonyl (C=O) groups excluding carboxylic acids is 1. The first-order chi connectivity index (χ1) is 12.1. The number of hydrogen-bond acceptors (Lipinski definition) is 4. The zero-order valence-corrected chi connectivity index (χ0v) is 14.1. The van der Waals surface area contributed by atoms with Gasteiger partial charge in [-0.3, -0.25) is 24.7 Å². The van der Waals surface area contributed by atoms with Gasteiger partial charge in [-0.25, -0.2) is 0 Å². The van der Waals surface area contributed by atoms with Gasteiger partial charge in [-0.15, -0.1) is 0 Å². The van der Waals surface area contributed by atoms with Gasteiger partial charge in [0.2, 0.25) is 5.91 Å². The van der Waals surface area contributed by atoms with E-state index in [9.17, 15) is 14.9 Å². The number of nitrogens with zero attached hydrogens (tertiary/aromatic N) is 3. The van der Waals surface area contributed by atoms with E-state index in [1.54, 1.807) is 17.0 Å². The van der Waals surface area contributed by atoms with Crippen molar-refractivity contribution < 1.29 is 9.72 Å². The Labute approximate surface area is 149 Å². The van der Waals surface area contributed by atoms with E-state index in [2.05, 4.69) is 4.90 Å². The molecule has 2 saturated heterocycles. The van der Waals surface area contributed by atoms with E-state index in [1.165, 1.54) is 12.1 Å². The van der Waals surface area contributed by atoms with Crippen LogP contribution in [0.15, 0.2) is 48.5 Å². The number of rotatable bonds is 3. The van der Waals surface area contributed by atoms with Crippen LogP contribution in [-0.2, 0) is 4.79 Å².